The van der Waals surface area contributed by atoms with Gasteiger partial charge in [-0.15, -0.1) is 0 Å². The Morgan fingerprint density at radius 1 is 1.47 bits per heavy atom. The summed E-state index contributed by atoms with van der Waals surface area (Å²) in [6.07, 6.45) is 0. The highest BCUT2D eigenvalue weighted by atomic mass is 79.9. The zero-order chi connectivity index (χ0) is 12.7. The predicted molar refractivity (Wildman–Crippen MR) is 70.6 cm³/mol. The van der Waals surface area contributed by atoms with Crippen LogP contribution in [-0.2, 0) is 11.3 Å². The number of aliphatic hydroxyl groups excluding tert-OH is 1. The second-order valence-electron chi connectivity index (χ2n) is 3.70. The van der Waals surface area contributed by atoms with Crippen LogP contribution in [0.4, 0.5) is 0 Å². The van der Waals surface area contributed by atoms with E-state index in [2.05, 4.69) is 21.2 Å². The standard InChI is InChI=1S/C12H17BrN2O2/c1-14-12(17)9-15(6-7-16)8-10-4-2-3-5-11(10)13/h2-5,16H,6-9H2,1H3,(H,14,17). The van der Waals surface area contributed by atoms with Gasteiger partial charge in [-0.3, -0.25) is 9.69 Å². The van der Waals surface area contributed by atoms with Crippen LogP contribution in [0.25, 0.3) is 0 Å². The first-order valence-corrected chi connectivity index (χ1v) is 6.24. The fraction of sp³-hybridized carbons (Fsp3) is 0.417. The summed E-state index contributed by atoms with van der Waals surface area (Å²) in [5.74, 6) is -0.0505. The third-order valence-electron chi connectivity index (χ3n) is 2.41. The number of rotatable bonds is 6. The van der Waals surface area contributed by atoms with E-state index in [1.54, 1.807) is 7.05 Å². The lowest BCUT2D eigenvalue weighted by molar-refractivity contribution is -0.122. The Kier molecular flexibility index (Phi) is 6.18. The van der Waals surface area contributed by atoms with Gasteiger partial charge in [0.05, 0.1) is 13.2 Å². The van der Waals surface area contributed by atoms with Gasteiger partial charge in [0.2, 0.25) is 5.91 Å². The summed E-state index contributed by atoms with van der Waals surface area (Å²) in [6.45, 7) is 1.45. The molecule has 1 aromatic rings. The topological polar surface area (TPSA) is 52.6 Å². The van der Waals surface area contributed by atoms with Crippen LogP contribution in [0.2, 0.25) is 0 Å². The minimum absolute atomic E-state index is 0.0431. The molecule has 5 heteroatoms. The first-order valence-electron chi connectivity index (χ1n) is 5.44. The molecule has 94 valence electrons. The van der Waals surface area contributed by atoms with E-state index in [9.17, 15) is 4.79 Å². The van der Waals surface area contributed by atoms with E-state index in [1.165, 1.54) is 0 Å². The number of aliphatic hydroxyl groups is 1. The van der Waals surface area contributed by atoms with E-state index >= 15 is 0 Å². The first kappa shape index (κ1) is 14.2. The molecule has 0 atom stereocenters. The molecular weight excluding hydrogens is 284 g/mol. The smallest absolute Gasteiger partial charge is 0.233 e. The molecule has 0 aliphatic rings. The number of benzene rings is 1. The number of carbonyl (C=O) groups excluding carboxylic acids is 1. The number of hydrogen-bond acceptors (Lipinski definition) is 3. The number of likely N-dealkylation sites (N-methyl/N-ethyl adjacent to an activating group) is 1. The summed E-state index contributed by atoms with van der Waals surface area (Å²) < 4.78 is 1.01. The maximum atomic E-state index is 11.3. The van der Waals surface area contributed by atoms with Gasteiger partial charge in [-0.1, -0.05) is 34.1 Å². The van der Waals surface area contributed by atoms with Crippen molar-refractivity contribution in [3.05, 3.63) is 34.3 Å². The van der Waals surface area contributed by atoms with Crippen molar-refractivity contribution in [3.8, 4) is 0 Å². The molecule has 0 unspecified atom stereocenters. The van der Waals surface area contributed by atoms with Gasteiger partial charge in [0, 0.05) is 24.6 Å². The molecule has 1 amide bonds. The zero-order valence-electron chi connectivity index (χ0n) is 9.82. The molecule has 0 saturated heterocycles. The van der Waals surface area contributed by atoms with E-state index in [4.69, 9.17) is 5.11 Å². The number of nitrogens with one attached hydrogen (secondary N) is 1. The molecule has 1 rings (SSSR count). The number of hydrogen-bond donors (Lipinski definition) is 2. The van der Waals surface area contributed by atoms with Crippen molar-refractivity contribution < 1.29 is 9.90 Å². The summed E-state index contributed by atoms with van der Waals surface area (Å²) >= 11 is 3.47. The van der Waals surface area contributed by atoms with Gasteiger partial charge in [0.25, 0.3) is 0 Å². The van der Waals surface area contributed by atoms with E-state index in [-0.39, 0.29) is 12.5 Å². The summed E-state index contributed by atoms with van der Waals surface area (Å²) in [7, 11) is 1.61. The fourth-order valence-electron chi connectivity index (χ4n) is 1.51. The van der Waals surface area contributed by atoms with Crippen LogP contribution in [0.3, 0.4) is 0 Å². The molecule has 0 aliphatic heterocycles. The van der Waals surface area contributed by atoms with Gasteiger partial charge in [0.15, 0.2) is 0 Å². The van der Waals surface area contributed by atoms with Gasteiger partial charge in [0.1, 0.15) is 0 Å². The Morgan fingerprint density at radius 2 is 2.18 bits per heavy atom. The molecule has 2 N–H and O–H groups in total. The quantitative estimate of drug-likeness (QED) is 0.824. The van der Waals surface area contributed by atoms with E-state index in [0.29, 0.717) is 19.6 Å². The van der Waals surface area contributed by atoms with Crippen molar-refractivity contribution in [2.75, 3.05) is 26.7 Å². The predicted octanol–water partition coefficient (Wildman–Crippen LogP) is 0.989. The summed E-state index contributed by atoms with van der Waals surface area (Å²) in [5, 5.41) is 11.6. The average molecular weight is 301 g/mol. The molecule has 0 spiro atoms. The van der Waals surface area contributed by atoms with Crippen molar-refractivity contribution in [1.29, 1.82) is 0 Å². The normalized spacial score (nSPS) is 10.6. The Bertz CT molecular complexity index is 371. The molecule has 0 bridgehead atoms. The number of halogens is 1. The lowest BCUT2D eigenvalue weighted by Crippen LogP contribution is -2.36. The van der Waals surface area contributed by atoms with Gasteiger partial charge in [-0.25, -0.2) is 0 Å². The molecular formula is C12H17BrN2O2. The Labute approximate surface area is 110 Å². The van der Waals surface area contributed by atoms with Crippen molar-refractivity contribution >= 4 is 21.8 Å². The van der Waals surface area contributed by atoms with Crippen molar-refractivity contribution in [1.82, 2.24) is 10.2 Å². The Morgan fingerprint density at radius 3 is 2.76 bits per heavy atom. The summed E-state index contributed by atoms with van der Waals surface area (Å²) in [5.41, 5.74) is 1.10. The maximum absolute atomic E-state index is 11.3. The van der Waals surface area contributed by atoms with E-state index in [1.807, 2.05) is 29.2 Å². The van der Waals surface area contributed by atoms with E-state index < -0.39 is 0 Å². The van der Waals surface area contributed by atoms with Crippen molar-refractivity contribution in [3.63, 3.8) is 0 Å². The SMILES string of the molecule is CNC(=O)CN(CCO)Cc1ccccc1Br. The summed E-state index contributed by atoms with van der Waals surface area (Å²) in [6, 6.07) is 7.87. The van der Waals surface area contributed by atoms with Gasteiger partial charge in [-0.05, 0) is 11.6 Å². The highest BCUT2D eigenvalue weighted by molar-refractivity contribution is 9.10. The van der Waals surface area contributed by atoms with Crippen molar-refractivity contribution in [2.24, 2.45) is 0 Å². The number of carbonyl (C=O) groups is 1. The molecule has 0 aromatic heterocycles. The third-order valence-corrected chi connectivity index (χ3v) is 3.19. The van der Waals surface area contributed by atoms with Crippen LogP contribution < -0.4 is 5.32 Å². The molecule has 4 nitrogen and oxygen atoms in total. The highest BCUT2D eigenvalue weighted by Gasteiger charge is 2.11. The average Bonchev–Trinajstić information content (AvgIpc) is 2.32. The fourth-order valence-corrected chi connectivity index (χ4v) is 1.92. The Hall–Kier alpha value is -0.910. The van der Waals surface area contributed by atoms with Crippen LogP contribution in [0.15, 0.2) is 28.7 Å². The second-order valence-corrected chi connectivity index (χ2v) is 4.55. The second kappa shape index (κ2) is 7.42. The van der Waals surface area contributed by atoms with Crippen LogP contribution in [0.5, 0.6) is 0 Å². The van der Waals surface area contributed by atoms with Crippen LogP contribution in [0, 0.1) is 0 Å². The lowest BCUT2D eigenvalue weighted by Gasteiger charge is -2.20. The monoisotopic (exact) mass is 300 g/mol. The van der Waals surface area contributed by atoms with Crippen LogP contribution in [-0.4, -0.2) is 42.7 Å². The molecule has 0 radical (unpaired) electrons. The van der Waals surface area contributed by atoms with Gasteiger partial charge >= 0.3 is 0 Å². The molecule has 0 aliphatic carbocycles. The minimum Gasteiger partial charge on any atom is -0.395 e. The maximum Gasteiger partial charge on any atom is 0.233 e. The molecule has 0 fully saturated rings. The van der Waals surface area contributed by atoms with Gasteiger partial charge < -0.3 is 10.4 Å². The molecule has 17 heavy (non-hydrogen) atoms. The van der Waals surface area contributed by atoms with Gasteiger partial charge in [-0.2, -0.15) is 0 Å². The van der Waals surface area contributed by atoms with Crippen LogP contribution in [0.1, 0.15) is 5.56 Å². The summed E-state index contributed by atoms with van der Waals surface area (Å²) in [4.78, 5) is 13.2. The molecule has 0 heterocycles. The van der Waals surface area contributed by atoms with E-state index in [0.717, 1.165) is 10.0 Å². The van der Waals surface area contributed by atoms with Crippen molar-refractivity contribution in [2.45, 2.75) is 6.54 Å². The zero-order valence-corrected chi connectivity index (χ0v) is 11.4. The Balaban J connectivity index is 2.66. The molecule has 1 aromatic carbocycles. The largest absolute Gasteiger partial charge is 0.395 e. The van der Waals surface area contributed by atoms with Crippen LogP contribution >= 0.6 is 15.9 Å². The first-order chi connectivity index (χ1) is 8.17. The highest BCUT2D eigenvalue weighted by Crippen LogP contribution is 2.17. The number of amides is 1. The molecule has 0 saturated carbocycles. The third kappa shape index (κ3) is 4.85. The minimum atomic E-state index is -0.0505. The lowest BCUT2D eigenvalue weighted by atomic mass is 10.2. The number of nitrogens with zero attached hydrogens (tertiary/aromatic N) is 1.